The third kappa shape index (κ3) is 2.64. The molecule has 16 heavy (non-hydrogen) atoms. The van der Waals surface area contributed by atoms with Crippen molar-refractivity contribution in [3.63, 3.8) is 0 Å². The lowest BCUT2D eigenvalue weighted by atomic mass is 10.2. The number of carbonyl (C=O) groups is 2. The molecule has 0 saturated heterocycles. The number of primary amides is 1. The second kappa shape index (κ2) is 4.85. The summed E-state index contributed by atoms with van der Waals surface area (Å²) >= 11 is 5.78. The van der Waals surface area contributed by atoms with Crippen molar-refractivity contribution in [2.45, 2.75) is 13.0 Å². The van der Waals surface area contributed by atoms with Crippen molar-refractivity contribution in [3.05, 3.63) is 28.8 Å². The molecule has 0 heterocycles. The second-order valence-electron chi connectivity index (χ2n) is 3.08. The maximum Gasteiger partial charge on any atom is 0.339 e. The van der Waals surface area contributed by atoms with E-state index in [-0.39, 0.29) is 16.3 Å². The Bertz CT molecular complexity index is 433. The fourth-order valence-electron chi connectivity index (χ4n) is 1.03. The van der Waals surface area contributed by atoms with Crippen molar-refractivity contribution in [2.75, 3.05) is 0 Å². The molecule has 6 heteroatoms. The van der Waals surface area contributed by atoms with E-state index in [2.05, 4.69) is 0 Å². The SMILES string of the molecule is CC(Oc1c(Cl)cccc1C(=O)O)C(N)=O. The Balaban J connectivity index is 3.11. The van der Waals surface area contributed by atoms with Crippen molar-refractivity contribution >= 4 is 23.5 Å². The van der Waals surface area contributed by atoms with Crippen LogP contribution in [-0.4, -0.2) is 23.1 Å². The zero-order valence-electron chi connectivity index (χ0n) is 8.44. The second-order valence-corrected chi connectivity index (χ2v) is 3.49. The molecule has 0 fully saturated rings. The summed E-state index contributed by atoms with van der Waals surface area (Å²) in [6.45, 7) is 1.41. The highest BCUT2D eigenvalue weighted by molar-refractivity contribution is 6.32. The van der Waals surface area contributed by atoms with Crippen LogP contribution in [0, 0.1) is 0 Å². The normalized spacial score (nSPS) is 11.9. The average Bonchev–Trinajstić information content (AvgIpc) is 2.20. The third-order valence-corrected chi connectivity index (χ3v) is 2.19. The van der Waals surface area contributed by atoms with Crippen LogP contribution in [0.25, 0.3) is 0 Å². The number of aromatic carboxylic acids is 1. The minimum absolute atomic E-state index is 0.0528. The van der Waals surface area contributed by atoms with Crippen molar-refractivity contribution < 1.29 is 19.4 Å². The van der Waals surface area contributed by atoms with Gasteiger partial charge in [-0.3, -0.25) is 4.79 Å². The molecule has 3 N–H and O–H groups in total. The molecular weight excluding hydrogens is 234 g/mol. The van der Waals surface area contributed by atoms with Gasteiger partial charge < -0.3 is 15.6 Å². The molecule has 1 aromatic rings. The van der Waals surface area contributed by atoms with Crippen LogP contribution >= 0.6 is 11.6 Å². The number of hydrogen-bond acceptors (Lipinski definition) is 3. The smallest absolute Gasteiger partial charge is 0.339 e. The highest BCUT2D eigenvalue weighted by atomic mass is 35.5. The standard InChI is InChI=1S/C10H10ClNO4/c1-5(9(12)13)16-8-6(10(14)15)3-2-4-7(8)11/h2-5H,1H3,(H2,12,13)(H,14,15). The quantitative estimate of drug-likeness (QED) is 0.834. The fourth-order valence-corrected chi connectivity index (χ4v) is 1.25. The van der Waals surface area contributed by atoms with Crippen LogP contribution in [0.1, 0.15) is 17.3 Å². The van der Waals surface area contributed by atoms with E-state index in [0.717, 1.165) is 0 Å². The van der Waals surface area contributed by atoms with E-state index >= 15 is 0 Å². The van der Waals surface area contributed by atoms with Crippen LogP contribution < -0.4 is 10.5 Å². The minimum atomic E-state index is -1.19. The predicted octanol–water partition coefficient (Wildman–Crippen LogP) is 1.29. The molecule has 1 rings (SSSR count). The minimum Gasteiger partial charge on any atom is -0.478 e. The summed E-state index contributed by atoms with van der Waals surface area (Å²) in [6, 6.07) is 4.28. The third-order valence-electron chi connectivity index (χ3n) is 1.89. The van der Waals surface area contributed by atoms with E-state index in [4.69, 9.17) is 27.2 Å². The molecule has 86 valence electrons. The summed E-state index contributed by atoms with van der Waals surface area (Å²) in [5.41, 5.74) is 4.90. The lowest BCUT2D eigenvalue weighted by Crippen LogP contribution is -2.31. The maximum absolute atomic E-state index is 10.9. The van der Waals surface area contributed by atoms with Gasteiger partial charge in [-0.15, -0.1) is 0 Å². The molecule has 0 aliphatic carbocycles. The number of carboxylic acid groups (broad SMARTS) is 1. The number of amides is 1. The summed E-state index contributed by atoms with van der Waals surface area (Å²) in [5.74, 6) is -1.94. The number of hydrogen-bond donors (Lipinski definition) is 2. The van der Waals surface area contributed by atoms with Gasteiger partial charge in [0.05, 0.1) is 5.02 Å². The predicted molar refractivity (Wildman–Crippen MR) is 57.7 cm³/mol. The van der Waals surface area contributed by atoms with Gasteiger partial charge in [-0.1, -0.05) is 17.7 Å². The number of rotatable bonds is 4. The molecule has 0 bridgehead atoms. The first kappa shape index (κ1) is 12.3. The van der Waals surface area contributed by atoms with E-state index in [0.29, 0.717) is 0 Å². The number of nitrogens with two attached hydrogens (primary N) is 1. The Morgan fingerprint density at radius 3 is 2.62 bits per heavy atom. The largest absolute Gasteiger partial charge is 0.478 e. The first-order valence-electron chi connectivity index (χ1n) is 4.41. The zero-order valence-corrected chi connectivity index (χ0v) is 9.19. The van der Waals surface area contributed by atoms with Crippen LogP contribution in [0.3, 0.4) is 0 Å². The molecule has 5 nitrogen and oxygen atoms in total. The average molecular weight is 244 g/mol. The maximum atomic E-state index is 10.9. The van der Waals surface area contributed by atoms with Gasteiger partial charge in [0.1, 0.15) is 5.56 Å². The molecule has 1 unspecified atom stereocenters. The lowest BCUT2D eigenvalue weighted by Gasteiger charge is -2.14. The van der Waals surface area contributed by atoms with Gasteiger partial charge in [0.2, 0.25) is 0 Å². The molecule has 0 aliphatic rings. The number of ether oxygens (including phenoxy) is 1. The number of halogens is 1. The monoisotopic (exact) mass is 243 g/mol. The molecule has 0 spiro atoms. The Kier molecular flexibility index (Phi) is 3.73. The number of carbonyl (C=O) groups excluding carboxylic acids is 1. The Labute approximate surface area is 96.8 Å². The number of carboxylic acids is 1. The van der Waals surface area contributed by atoms with Crippen LogP contribution in [-0.2, 0) is 4.79 Å². The summed E-state index contributed by atoms with van der Waals surface area (Å²) in [7, 11) is 0. The van der Waals surface area contributed by atoms with E-state index in [1.54, 1.807) is 0 Å². The van der Waals surface area contributed by atoms with Crippen LogP contribution in [0.5, 0.6) is 5.75 Å². The number of benzene rings is 1. The Morgan fingerprint density at radius 2 is 2.12 bits per heavy atom. The Hall–Kier alpha value is -1.75. The summed E-state index contributed by atoms with van der Waals surface area (Å²) in [5, 5.41) is 9.01. The first-order valence-corrected chi connectivity index (χ1v) is 4.79. The summed E-state index contributed by atoms with van der Waals surface area (Å²) in [4.78, 5) is 21.7. The molecule has 1 amide bonds. The highest BCUT2D eigenvalue weighted by Crippen LogP contribution is 2.29. The van der Waals surface area contributed by atoms with Crippen molar-refractivity contribution in [1.82, 2.24) is 0 Å². The molecule has 0 saturated carbocycles. The van der Waals surface area contributed by atoms with Crippen LogP contribution in [0.2, 0.25) is 5.02 Å². The van der Waals surface area contributed by atoms with Crippen molar-refractivity contribution in [3.8, 4) is 5.75 Å². The van der Waals surface area contributed by atoms with E-state index in [1.807, 2.05) is 0 Å². The van der Waals surface area contributed by atoms with Gasteiger partial charge in [0.25, 0.3) is 5.91 Å². The molecule has 0 radical (unpaired) electrons. The molecular formula is C10H10ClNO4. The van der Waals surface area contributed by atoms with Gasteiger partial charge in [-0.25, -0.2) is 4.79 Å². The summed E-state index contributed by atoms with van der Waals surface area (Å²) < 4.78 is 5.11. The van der Waals surface area contributed by atoms with E-state index in [9.17, 15) is 9.59 Å². The molecule has 0 aliphatic heterocycles. The van der Waals surface area contributed by atoms with Gasteiger partial charge in [-0.2, -0.15) is 0 Å². The van der Waals surface area contributed by atoms with E-state index in [1.165, 1.54) is 25.1 Å². The Morgan fingerprint density at radius 1 is 1.50 bits per heavy atom. The van der Waals surface area contributed by atoms with Gasteiger partial charge in [0, 0.05) is 0 Å². The fraction of sp³-hybridized carbons (Fsp3) is 0.200. The zero-order chi connectivity index (χ0) is 12.3. The molecule has 0 aromatic heterocycles. The van der Waals surface area contributed by atoms with Gasteiger partial charge in [-0.05, 0) is 19.1 Å². The number of para-hydroxylation sites is 1. The highest BCUT2D eigenvalue weighted by Gasteiger charge is 2.19. The molecule has 1 aromatic carbocycles. The van der Waals surface area contributed by atoms with E-state index < -0.39 is 18.0 Å². The van der Waals surface area contributed by atoms with Crippen LogP contribution in [0.4, 0.5) is 0 Å². The van der Waals surface area contributed by atoms with Crippen molar-refractivity contribution in [2.24, 2.45) is 5.73 Å². The first-order chi connectivity index (χ1) is 7.43. The topological polar surface area (TPSA) is 89.6 Å². The molecule has 1 atom stereocenters. The van der Waals surface area contributed by atoms with Crippen molar-refractivity contribution in [1.29, 1.82) is 0 Å². The van der Waals surface area contributed by atoms with Gasteiger partial charge >= 0.3 is 5.97 Å². The lowest BCUT2D eigenvalue weighted by molar-refractivity contribution is -0.124. The summed E-state index contributed by atoms with van der Waals surface area (Å²) in [6.07, 6.45) is -0.946. The van der Waals surface area contributed by atoms with Crippen LogP contribution in [0.15, 0.2) is 18.2 Å². The van der Waals surface area contributed by atoms with Gasteiger partial charge in [0.15, 0.2) is 11.9 Å².